The number of hydrogen-bond donors (Lipinski definition) is 3. The third-order valence-electron chi connectivity index (χ3n) is 5.66. The number of carbonyl (C=O) groups excluding carboxylic acids is 1. The first kappa shape index (κ1) is 21.4. The average molecular weight is 439 g/mol. The Labute approximate surface area is 185 Å². The number of aliphatic hydroxyl groups is 2. The molecule has 0 bridgehead atoms. The van der Waals surface area contributed by atoms with Gasteiger partial charge in [-0.05, 0) is 67.5 Å². The van der Waals surface area contributed by atoms with Crippen LogP contribution in [0.15, 0.2) is 36.4 Å². The highest BCUT2D eigenvalue weighted by molar-refractivity contribution is 7.09. The van der Waals surface area contributed by atoms with Crippen molar-refractivity contribution in [1.29, 1.82) is 0 Å². The summed E-state index contributed by atoms with van der Waals surface area (Å²) in [4.78, 5) is 19.2. The molecule has 4 rings (SSSR count). The van der Waals surface area contributed by atoms with Crippen molar-refractivity contribution in [3.05, 3.63) is 58.9 Å². The lowest BCUT2D eigenvalue weighted by molar-refractivity contribution is -0.116. The Kier molecular flexibility index (Phi) is 5.79. The monoisotopic (exact) mass is 438 g/mol. The van der Waals surface area contributed by atoms with Gasteiger partial charge in [0.2, 0.25) is 5.91 Å². The number of aryl methyl sites for hydroxylation is 2. The summed E-state index contributed by atoms with van der Waals surface area (Å²) in [5, 5.41) is 24.2. The Morgan fingerprint density at radius 3 is 2.81 bits per heavy atom. The SMILES string of the molecule is Cc1nsc(-c2ccc(C)c(NCC(=O)N3CCc4c3cccc4C(C)(O)CO)c2)n1. The van der Waals surface area contributed by atoms with E-state index in [2.05, 4.69) is 14.7 Å². The standard InChI is InChI=1S/C23H26N4O3S/c1-14-7-8-16(22-25-15(2)26-31-22)11-19(14)24-12-21(29)27-10-9-17-18(23(3,30)13-28)5-4-6-20(17)27/h4-8,11,24,28,30H,9-10,12-13H2,1-3H3. The lowest BCUT2D eigenvalue weighted by atomic mass is 9.91. The van der Waals surface area contributed by atoms with Crippen LogP contribution in [0.4, 0.5) is 11.4 Å². The Morgan fingerprint density at radius 1 is 1.29 bits per heavy atom. The van der Waals surface area contributed by atoms with E-state index in [1.54, 1.807) is 11.8 Å². The lowest BCUT2D eigenvalue weighted by Gasteiger charge is -2.24. The van der Waals surface area contributed by atoms with Crippen LogP contribution in [0.25, 0.3) is 10.6 Å². The normalized spacial score (nSPS) is 14.9. The molecular formula is C23H26N4O3S. The van der Waals surface area contributed by atoms with Gasteiger partial charge in [-0.15, -0.1) is 0 Å². The first-order valence-electron chi connectivity index (χ1n) is 10.2. The fraction of sp³-hybridized carbons (Fsp3) is 0.348. The molecule has 8 heteroatoms. The molecule has 1 atom stereocenters. The van der Waals surface area contributed by atoms with Crippen LogP contribution in [0, 0.1) is 13.8 Å². The fourth-order valence-electron chi connectivity index (χ4n) is 3.91. The van der Waals surface area contributed by atoms with Gasteiger partial charge in [0.05, 0.1) is 13.2 Å². The van der Waals surface area contributed by atoms with Crippen molar-refractivity contribution in [2.75, 3.05) is 29.9 Å². The first-order valence-corrected chi connectivity index (χ1v) is 11.0. The molecule has 0 radical (unpaired) electrons. The summed E-state index contributed by atoms with van der Waals surface area (Å²) in [5.41, 5.74) is 3.95. The molecule has 7 nitrogen and oxygen atoms in total. The Bertz CT molecular complexity index is 1130. The topological polar surface area (TPSA) is 98.6 Å². The summed E-state index contributed by atoms with van der Waals surface area (Å²) < 4.78 is 4.24. The Hall–Kier alpha value is -2.81. The first-order chi connectivity index (χ1) is 14.8. The number of nitrogens with one attached hydrogen (secondary N) is 1. The average Bonchev–Trinajstić information content (AvgIpc) is 3.39. The Morgan fingerprint density at radius 2 is 2.10 bits per heavy atom. The maximum absolute atomic E-state index is 13.0. The maximum Gasteiger partial charge on any atom is 0.246 e. The van der Waals surface area contributed by atoms with E-state index in [0.29, 0.717) is 18.5 Å². The molecule has 1 unspecified atom stereocenters. The molecule has 0 fully saturated rings. The van der Waals surface area contributed by atoms with Gasteiger partial charge >= 0.3 is 0 Å². The zero-order valence-corrected chi connectivity index (χ0v) is 18.7. The van der Waals surface area contributed by atoms with Crippen LogP contribution in [0.2, 0.25) is 0 Å². The number of amides is 1. The number of rotatable bonds is 6. The van der Waals surface area contributed by atoms with Crippen molar-refractivity contribution in [1.82, 2.24) is 9.36 Å². The molecule has 2 heterocycles. The molecule has 0 aliphatic carbocycles. The molecule has 0 spiro atoms. The highest BCUT2D eigenvalue weighted by Gasteiger charge is 2.32. The molecule has 3 N–H and O–H groups in total. The van der Waals surface area contributed by atoms with Gasteiger partial charge in [-0.2, -0.15) is 4.37 Å². The number of nitrogens with zero attached hydrogens (tertiary/aromatic N) is 3. The van der Waals surface area contributed by atoms with Crippen molar-refractivity contribution >= 4 is 28.8 Å². The molecule has 3 aromatic rings. The van der Waals surface area contributed by atoms with E-state index in [-0.39, 0.29) is 19.1 Å². The molecular weight excluding hydrogens is 412 g/mol. The van der Waals surface area contributed by atoms with Crippen LogP contribution in [0.5, 0.6) is 0 Å². The van der Waals surface area contributed by atoms with Crippen LogP contribution in [0.1, 0.15) is 29.4 Å². The molecule has 2 aromatic carbocycles. The summed E-state index contributed by atoms with van der Waals surface area (Å²) in [6.45, 7) is 5.78. The zero-order chi connectivity index (χ0) is 22.2. The summed E-state index contributed by atoms with van der Waals surface area (Å²) in [6, 6.07) is 11.5. The largest absolute Gasteiger partial charge is 0.393 e. The molecule has 1 amide bonds. The molecule has 162 valence electrons. The molecule has 0 saturated carbocycles. The van der Waals surface area contributed by atoms with Gasteiger partial charge < -0.3 is 20.4 Å². The minimum atomic E-state index is -1.33. The van der Waals surface area contributed by atoms with E-state index in [4.69, 9.17) is 0 Å². The number of anilines is 2. The third kappa shape index (κ3) is 4.19. The van der Waals surface area contributed by atoms with Crippen molar-refractivity contribution in [3.63, 3.8) is 0 Å². The number of aromatic nitrogens is 2. The minimum absolute atomic E-state index is 0.0453. The van der Waals surface area contributed by atoms with Crippen LogP contribution in [-0.2, 0) is 16.8 Å². The summed E-state index contributed by atoms with van der Waals surface area (Å²) in [6.07, 6.45) is 0.651. The van der Waals surface area contributed by atoms with Crippen molar-refractivity contribution < 1.29 is 15.0 Å². The third-order valence-corrected chi connectivity index (χ3v) is 6.51. The van der Waals surface area contributed by atoms with Crippen LogP contribution < -0.4 is 10.2 Å². The van der Waals surface area contributed by atoms with E-state index in [1.165, 1.54) is 11.5 Å². The van der Waals surface area contributed by atoms with E-state index >= 15 is 0 Å². The summed E-state index contributed by atoms with van der Waals surface area (Å²) in [7, 11) is 0. The smallest absolute Gasteiger partial charge is 0.246 e. The number of hydrogen-bond acceptors (Lipinski definition) is 7. The van der Waals surface area contributed by atoms with Gasteiger partial charge in [-0.1, -0.05) is 24.3 Å². The molecule has 1 aliphatic heterocycles. The van der Waals surface area contributed by atoms with E-state index in [0.717, 1.165) is 38.9 Å². The molecule has 31 heavy (non-hydrogen) atoms. The maximum atomic E-state index is 13.0. The highest BCUT2D eigenvalue weighted by atomic mass is 32.1. The zero-order valence-electron chi connectivity index (χ0n) is 17.8. The van der Waals surface area contributed by atoms with Crippen molar-refractivity contribution in [2.45, 2.75) is 32.8 Å². The van der Waals surface area contributed by atoms with Gasteiger partial charge in [0.25, 0.3) is 0 Å². The molecule has 1 aliphatic rings. The van der Waals surface area contributed by atoms with E-state index in [1.807, 2.05) is 50.2 Å². The minimum Gasteiger partial charge on any atom is -0.393 e. The number of aliphatic hydroxyl groups excluding tert-OH is 1. The van der Waals surface area contributed by atoms with Gasteiger partial charge in [0, 0.05) is 23.5 Å². The number of benzene rings is 2. The quantitative estimate of drug-likeness (QED) is 0.547. The lowest BCUT2D eigenvalue weighted by Crippen LogP contribution is -2.34. The van der Waals surface area contributed by atoms with E-state index in [9.17, 15) is 15.0 Å². The predicted octanol–water partition coefficient (Wildman–Crippen LogP) is 3.02. The number of fused-ring (bicyclic) bond motifs is 1. The predicted molar refractivity (Wildman–Crippen MR) is 122 cm³/mol. The fourth-order valence-corrected chi connectivity index (χ4v) is 4.57. The molecule has 0 saturated heterocycles. The summed E-state index contributed by atoms with van der Waals surface area (Å²) >= 11 is 1.36. The van der Waals surface area contributed by atoms with Crippen molar-refractivity contribution in [3.8, 4) is 10.6 Å². The number of carbonyl (C=O) groups is 1. The van der Waals surface area contributed by atoms with Gasteiger partial charge in [-0.25, -0.2) is 4.98 Å². The van der Waals surface area contributed by atoms with Gasteiger partial charge in [-0.3, -0.25) is 4.79 Å². The second-order valence-corrected chi connectivity index (χ2v) is 8.81. The molecule has 1 aromatic heterocycles. The van der Waals surface area contributed by atoms with Crippen molar-refractivity contribution in [2.24, 2.45) is 0 Å². The Balaban J connectivity index is 1.51. The highest BCUT2D eigenvalue weighted by Crippen LogP contribution is 2.36. The van der Waals surface area contributed by atoms with E-state index < -0.39 is 5.60 Å². The summed E-state index contributed by atoms with van der Waals surface area (Å²) in [5.74, 6) is 0.702. The van der Waals surface area contributed by atoms with Crippen LogP contribution in [0.3, 0.4) is 0 Å². The van der Waals surface area contributed by atoms with Gasteiger partial charge in [0.15, 0.2) is 0 Å². The second-order valence-electron chi connectivity index (χ2n) is 8.06. The second kappa shape index (κ2) is 8.37. The van der Waals surface area contributed by atoms with Crippen LogP contribution >= 0.6 is 11.5 Å². The van der Waals surface area contributed by atoms with Crippen LogP contribution in [-0.4, -0.2) is 45.2 Å². The van der Waals surface area contributed by atoms with Gasteiger partial charge in [0.1, 0.15) is 16.4 Å².